The molecule has 3 heteroatoms. The zero-order valence-corrected chi connectivity index (χ0v) is 9.40. The molecule has 0 radical (unpaired) electrons. The Hall–Kier alpha value is -1.87. The van der Waals surface area contributed by atoms with Gasteiger partial charge in [-0.2, -0.15) is 0 Å². The Kier molecular flexibility index (Phi) is 2.53. The molecule has 2 heterocycles. The van der Waals surface area contributed by atoms with E-state index >= 15 is 0 Å². The standard InChI is InChI=1S/C14H13NO2/c16-14(13-2-1-7-17-13)11-4-3-10-5-6-15-9-12(10)8-11/h1-4,7-8,15H,5-6,9H2. The number of hydrogen-bond acceptors (Lipinski definition) is 3. The van der Waals surface area contributed by atoms with Gasteiger partial charge in [-0.3, -0.25) is 4.79 Å². The van der Waals surface area contributed by atoms with Gasteiger partial charge in [-0.05, 0) is 42.3 Å². The molecule has 1 aromatic heterocycles. The molecule has 1 aliphatic heterocycles. The Morgan fingerprint density at radius 1 is 1.24 bits per heavy atom. The van der Waals surface area contributed by atoms with E-state index in [1.807, 2.05) is 18.2 Å². The molecular formula is C14H13NO2. The van der Waals surface area contributed by atoms with Gasteiger partial charge in [0.25, 0.3) is 0 Å². The van der Waals surface area contributed by atoms with Crippen molar-refractivity contribution in [3.05, 3.63) is 59.0 Å². The number of hydrogen-bond donors (Lipinski definition) is 1. The highest BCUT2D eigenvalue weighted by Gasteiger charge is 2.15. The lowest BCUT2D eigenvalue weighted by atomic mass is 9.96. The van der Waals surface area contributed by atoms with Gasteiger partial charge in [0.2, 0.25) is 5.78 Å². The van der Waals surface area contributed by atoms with Crippen molar-refractivity contribution in [1.82, 2.24) is 5.32 Å². The van der Waals surface area contributed by atoms with Crippen LogP contribution in [-0.2, 0) is 13.0 Å². The summed E-state index contributed by atoms with van der Waals surface area (Å²) in [5.41, 5.74) is 3.25. The zero-order valence-electron chi connectivity index (χ0n) is 9.40. The van der Waals surface area contributed by atoms with E-state index in [4.69, 9.17) is 4.42 Å². The van der Waals surface area contributed by atoms with Gasteiger partial charge in [-0.1, -0.05) is 12.1 Å². The first-order valence-corrected chi connectivity index (χ1v) is 5.75. The fourth-order valence-electron chi connectivity index (χ4n) is 2.17. The van der Waals surface area contributed by atoms with Gasteiger partial charge < -0.3 is 9.73 Å². The van der Waals surface area contributed by atoms with E-state index in [-0.39, 0.29) is 5.78 Å². The minimum absolute atomic E-state index is 0.0524. The van der Waals surface area contributed by atoms with Crippen LogP contribution >= 0.6 is 0 Å². The molecule has 0 saturated heterocycles. The molecule has 0 spiro atoms. The molecule has 0 atom stereocenters. The SMILES string of the molecule is O=C(c1ccc2c(c1)CNCC2)c1ccco1. The highest BCUT2D eigenvalue weighted by Crippen LogP contribution is 2.18. The molecule has 3 nitrogen and oxygen atoms in total. The second-order valence-electron chi connectivity index (χ2n) is 4.22. The highest BCUT2D eigenvalue weighted by molar-refractivity contribution is 6.07. The molecule has 0 saturated carbocycles. The summed E-state index contributed by atoms with van der Waals surface area (Å²) < 4.78 is 5.13. The molecule has 1 aromatic carbocycles. The number of carbonyl (C=O) groups excluding carboxylic acids is 1. The molecule has 17 heavy (non-hydrogen) atoms. The van der Waals surface area contributed by atoms with E-state index in [0.717, 1.165) is 19.5 Å². The van der Waals surface area contributed by atoms with E-state index in [0.29, 0.717) is 11.3 Å². The zero-order chi connectivity index (χ0) is 11.7. The molecule has 0 fully saturated rings. The van der Waals surface area contributed by atoms with Crippen molar-refractivity contribution in [3.63, 3.8) is 0 Å². The second kappa shape index (κ2) is 4.18. The maximum Gasteiger partial charge on any atom is 0.228 e. The molecule has 1 N–H and O–H groups in total. The highest BCUT2D eigenvalue weighted by atomic mass is 16.3. The summed E-state index contributed by atoms with van der Waals surface area (Å²) in [6.45, 7) is 1.85. The molecule has 0 aliphatic carbocycles. The van der Waals surface area contributed by atoms with Gasteiger partial charge in [-0.25, -0.2) is 0 Å². The molecule has 86 valence electrons. The minimum Gasteiger partial charge on any atom is -0.461 e. The predicted molar refractivity (Wildman–Crippen MR) is 64.0 cm³/mol. The minimum atomic E-state index is -0.0524. The Morgan fingerprint density at radius 3 is 3.00 bits per heavy atom. The van der Waals surface area contributed by atoms with E-state index in [2.05, 4.69) is 5.32 Å². The van der Waals surface area contributed by atoms with Crippen molar-refractivity contribution in [2.45, 2.75) is 13.0 Å². The van der Waals surface area contributed by atoms with Gasteiger partial charge in [-0.15, -0.1) is 0 Å². The number of nitrogens with one attached hydrogen (secondary N) is 1. The van der Waals surface area contributed by atoms with Crippen molar-refractivity contribution in [3.8, 4) is 0 Å². The monoisotopic (exact) mass is 227 g/mol. The van der Waals surface area contributed by atoms with Crippen LogP contribution in [0.4, 0.5) is 0 Å². The maximum absolute atomic E-state index is 12.1. The van der Waals surface area contributed by atoms with Crippen LogP contribution in [0.5, 0.6) is 0 Å². The Morgan fingerprint density at radius 2 is 2.18 bits per heavy atom. The van der Waals surface area contributed by atoms with Crippen LogP contribution < -0.4 is 5.32 Å². The van der Waals surface area contributed by atoms with Crippen LogP contribution in [0.1, 0.15) is 27.2 Å². The molecule has 2 aromatic rings. The quantitative estimate of drug-likeness (QED) is 0.799. The van der Waals surface area contributed by atoms with Crippen molar-refractivity contribution >= 4 is 5.78 Å². The van der Waals surface area contributed by atoms with Crippen LogP contribution in [0.25, 0.3) is 0 Å². The van der Waals surface area contributed by atoms with Crippen LogP contribution in [-0.4, -0.2) is 12.3 Å². The number of carbonyl (C=O) groups is 1. The first-order valence-electron chi connectivity index (χ1n) is 5.75. The summed E-state index contributed by atoms with van der Waals surface area (Å²) in [6.07, 6.45) is 2.55. The van der Waals surface area contributed by atoms with E-state index in [1.165, 1.54) is 17.4 Å². The summed E-state index contributed by atoms with van der Waals surface area (Å²) in [7, 11) is 0. The number of benzene rings is 1. The van der Waals surface area contributed by atoms with Crippen LogP contribution in [0.3, 0.4) is 0 Å². The van der Waals surface area contributed by atoms with Crippen LogP contribution in [0.2, 0.25) is 0 Å². The van der Waals surface area contributed by atoms with Crippen molar-refractivity contribution in [2.24, 2.45) is 0 Å². The second-order valence-corrected chi connectivity index (χ2v) is 4.22. The smallest absolute Gasteiger partial charge is 0.228 e. The van der Waals surface area contributed by atoms with E-state index in [1.54, 1.807) is 12.1 Å². The fourth-order valence-corrected chi connectivity index (χ4v) is 2.17. The predicted octanol–water partition coefficient (Wildman–Crippen LogP) is 2.16. The molecular weight excluding hydrogens is 214 g/mol. The summed E-state index contributed by atoms with van der Waals surface area (Å²) in [5, 5.41) is 3.31. The lowest BCUT2D eigenvalue weighted by Gasteiger charge is -2.17. The fraction of sp³-hybridized carbons (Fsp3) is 0.214. The largest absolute Gasteiger partial charge is 0.461 e. The third kappa shape index (κ3) is 1.89. The Bertz CT molecular complexity index is 543. The molecule has 0 amide bonds. The third-order valence-corrected chi connectivity index (χ3v) is 3.10. The summed E-state index contributed by atoms with van der Waals surface area (Å²) in [6, 6.07) is 9.32. The van der Waals surface area contributed by atoms with Crippen LogP contribution in [0, 0.1) is 0 Å². The van der Waals surface area contributed by atoms with Crippen molar-refractivity contribution in [1.29, 1.82) is 0 Å². The number of fused-ring (bicyclic) bond motifs is 1. The normalized spacial score (nSPS) is 14.4. The molecule has 0 bridgehead atoms. The topological polar surface area (TPSA) is 42.2 Å². The van der Waals surface area contributed by atoms with Crippen LogP contribution in [0.15, 0.2) is 41.0 Å². The van der Waals surface area contributed by atoms with E-state index < -0.39 is 0 Å². The average Bonchev–Trinajstić information content (AvgIpc) is 2.91. The van der Waals surface area contributed by atoms with Gasteiger partial charge in [0.05, 0.1) is 6.26 Å². The van der Waals surface area contributed by atoms with Gasteiger partial charge in [0.1, 0.15) is 0 Å². The average molecular weight is 227 g/mol. The molecule has 0 unspecified atom stereocenters. The lowest BCUT2D eigenvalue weighted by molar-refractivity contribution is 0.101. The summed E-state index contributed by atoms with van der Waals surface area (Å²) >= 11 is 0. The lowest BCUT2D eigenvalue weighted by Crippen LogP contribution is -2.23. The third-order valence-electron chi connectivity index (χ3n) is 3.10. The molecule has 3 rings (SSSR count). The Balaban J connectivity index is 1.96. The first-order chi connectivity index (χ1) is 8.34. The first kappa shape index (κ1) is 10.3. The van der Waals surface area contributed by atoms with Gasteiger partial charge in [0, 0.05) is 12.1 Å². The molecule has 1 aliphatic rings. The number of rotatable bonds is 2. The number of furan rings is 1. The van der Waals surface area contributed by atoms with Gasteiger partial charge in [0.15, 0.2) is 5.76 Å². The van der Waals surface area contributed by atoms with Gasteiger partial charge >= 0.3 is 0 Å². The van der Waals surface area contributed by atoms with Crippen molar-refractivity contribution < 1.29 is 9.21 Å². The summed E-state index contributed by atoms with van der Waals surface area (Å²) in [5.74, 6) is 0.345. The summed E-state index contributed by atoms with van der Waals surface area (Å²) in [4.78, 5) is 12.1. The van der Waals surface area contributed by atoms with E-state index in [9.17, 15) is 4.79 Å². The Labute approximate surface area is 99.4 Å². The maximum atomic E-state index is 12.1. The van der Waals surface area contributed by atoms with Crippen molar-refractivity contribution in [2.75, 3.05) is 6.54 Å². The number of ketones is 1.